The highest BCUT2D eigenvalue weighted by molar-refractivity contribution is 5.07. The number of aryl methyl sites for hydroxylation is 1. The molecule has 1 aromatic rings. The second-order valence-corrected chi connectivity index (χ2v) is 5.54. The van der Waals surface area contributed by atoms with Crippen LogP contribution in [0.25, 0.3) is 0 Å². The van der Waals surface area contributed by atoms with Gasteiger partial charge in [-0.1, -0.05) is 26.7 Å². The van der Waals surface area contributed by atoms with Crippen molar-refractivity contribution in [3.8, 4) is 0 Å². The van der Waals surface area contributed by atoms with Crippen molar-refractivity contribution in [1.29, 1.82) is 0 Å². The molecule has 1 aromatic heterocycles. The fourth-order valence-electron chi connectivity index (χ4n) is 3.02. The Morgan fingerprint density at radius 3 is 2.94 bits per heavy atom. The second-order valence-electron chi connectivity index (χ2n) is 5.54. The van der Waals surface area contributed by atoms with Crippen molar-refractivity contribution in [2.75, 3.05) is 0 Å². The molecule has 1 N–H and O–H groups in total. The topological polar surface area (TPSA) is 17.0 Å². The maximum atomic E-state index is 3.76. The van der Waals surface area contributed by atoms with Gasteiger partial charge in [-0.25, -0.2) is 0 Å². The summed E-state index contributed by atoms with van der Waals surface area (Å²) in [5.74, 6) is 1.69. The normalized spacial score (nSPS) is 29.5. The van der Waals surface area contributed by atoms with Crippen LogP contribution in [0.2, 0.25) is 0 Å². The van der Waals surface area contributed by atoms with Crippen molar-refractivity contribution < 1.29 is 0 Å². The van der Waals surface area contributed by atoms with Gasteiger partial charge in [0.15, 0.2) is 0 Å². The molecule has 17 heavy (non-hydrogen) atoms. The van der Waals surface area contributed by atoms with E-state index in [1.165, 1.54) is 25.0 Å². The number of nitrogens with zero attached hydrogens (tertiary/aromatic N) is 1. The summed E-state index contributed by atoms with van der Waals surface area (Å²) in [4.78, 5) is 0. The summed E-state index contributed by atoms with van der Waals surface area (Å²) >= 11 is 0. The van der Waals surface area contributed by atoms with Gasteiger partial charge in [0.1, 0.15) is 0 Å². The molecule has 0 aromatic carbocycles. The number of aromatic nitrogens is 1. The van der Waals surface area contributed by atoms with Gasteiger partial charge in [-0.05, 0) is 37.3 Å². The molecule has 0 amide bonds. The summed E-state index contributed by atoms with van der Waals surface area (Å²) in [5.41, 5.74) is 1.41. The van der Waals surface area contributed by atoms with Gasteiger partial charge in [0.05, 0.1) is 0 Å². The van der Waals surface area contributed by atoms with E-state index >= 15 is 0 Å². The van der Waals surface area contributed by atoms with Crippen molar-refractivity contribution in [2.24, 2.45) is 11.8 Å². The average molecular weight is 234 g/mol. The monoisotopic (exact) mass is 234 g/mol. The average Bonchev–Trinajstić information content (AvgIpc) is 2.78. The third-order valence-corrected chi connectivity index (χ3v) is 4.52. The van der Waals surface area contributed by atoms with Crippen LogP contribution in [0.5, 0.6) is 0 Å². The van der Waals surface area contributed by atoms with E-state index < -0.39 is 0 Å². The highest BCUT2D eigenvalue weighted by Gasteiger charge is 2.26. The summed E-state index contributed by atoms with van der Waals surface area (Å²) in [6, 6.07) is 5.08. The van der Waals surface area contributed by atoms with Gasteiger partial charge in [0.2, 0.25) is 0 Å². The summed E-state index contributed by atoms with van der Waals surface area (Å²) in [6.45, 7) is 9.09. The zero-order valence-electron chi connectivity index (χ0n) is 11.4. The largest absolute Gasteiger partial charge is 0.351 e. The van der Waals surface area contributed by atoms with Crippen LogP contribution in [-0.4, -0.2) is 10.6 Å². The van der Waals surface area contributed by atoms with Gasteiger partial charge >= 0.3 is 0 Å². The molecule has 1 aliphatic rings. The maximum absolute atomic E-state index is 3.76. The molecule has 0 bridgehead atoms. The van der Waals surface area contributed by atoms with E-state index in [-0.39, 0.29) is 0 Å². The highest BCUT2D eigenvalue weighted by Crippen LogP contribution is 2.29. The van der Waals surface area contributed by atoms with Gasteiger partial charge in [0.25, 0.3) is 0 Å². The SMILES string of the molecule is CCn1cccc1CNC1CCCC(C)C1C. The van der Waals surface area contributed by atoms with E-state index in [1.807, 2.05) is 0 Å². The Labute approximate surface area is 105 Å². The van der Waals surface area contributed by atoms with Gasteiger partial charge in [0, 0.05) is 31.0 Å². The lowest BCUT2D eigenvalue weighted by molar-refractivity contribution is 0.205. The van der Waals surface area contributed by atoms with Crippen molar-refractivity contribution in [3.63, 3.8) is 0 Å². The number of nitrogens with one attached hydrogen (secondary N) is 1. The van der Waals surface area contributed by atoms with E-state index in [0.717, 1.165) is 24.9 Å². The number of rotatable bonds is 4. The molecule has 1 aliphatic carbocycles. The first kappa shape index (κ1) is 12.7. The predicted octanol–water partition coefficient (Wildman–Crippen LogP) is 3.42. The molecule has 2 rings (SSSR count). The van der Waals surface area contributed by atoms with Crippen LogP contribution in [0.1, 0.15) is 45.7 Å². The summed E-state index contributed by atoms with van der Waals surface area (Å²) < 4.78 is 2.32. The molecule has 2 nitrogen and oxygen atoms in total. The molecule has 0 aliphatic heterocycles. The Morgan fingerprint density at radius 2 is 2.18 bits per heavy atom. The minimum atomic E-state index is 0.707. The van der Waals surface area contributed by atoms with Crippen LogP contribution in [0, 0.1) is 11.8 Å². The number of hydrogen-bond donors (Lipinski definition) is 1. The third kappa shape index (κ3) is 2.92. The molecule has 1 heterocycles. The predicted molar refractivity (Wildman–Crippen MR) is 72.9 cm³/mol. The number of hydrogen-bond acceptors (Lipinski definition) is 1. The van der Waals surface area contributed by atoms with Gasteiger partial charge < -0.3 is 9.88 Å². The molecular formula is C15H26N2. The van der Waals surface area contributed by atoms with E-state index in [2.05, 4.69) is 49.0 Å². The van der Waals surface area contributed by atoms with Crippen molar-refractivity contribution >= 4 is 0 Å². The Kier molecular flexibility index (Phi) is 4.27. The molecule has 1 fully saturated rings. The van der Waals surface area contributed by atoms with Crippen LogP contribution in [0.15, 0.2) is 18.3 Å². The first-order valence-electron chi connectivity index (χ1n) is 7.09. The van der Waals surface area contributed by atoms with Crippen LogP contribution in [0.4, 0.5) is 0 Å². The molecule has 0 saturated heterocycles. The van der Waals surface area contributed by atoms with E-state index in [9.17, 15) is 0 Å². The standard InChI is InChI=1S/C15H26N2/c1-4-17-10-6-8-14(17)11-16-15-9-5-7-12(2)13(15)3/h6,8,10,12-13,15-16H,4-5,7,9,11H2,1-3H3. The van der Waals surface area contributed by atoms with E-state index in [1.54, 1.807) is 0 Å². The zero-order chi connectivity index (χ0) is 12.3. The van der Waals surface area contributed by atoms with Crippen molar-refractivity contribution in [3.05, 3.63) is 24.0 Å². The fourth-order valence-corrected chi connectivity index (χ4v) is 3.02. The second kappa shape index (κ2) is 5.72. The van der Waals surface area contributed by atoms with Crippen LogP contribution in [0.3, 0.4) is 0 Å². The van der Waals surface area contributed by atoms with Crippen molar-refractivity contribution in [2.45, 2.75) is 59.2 Å². The molecular weight excluding hydrogens is 208 g/mol. The quantitative estimate of drug-likeness (QED) is 0.844. The molecule has 0 radical (unpaired) electrons. The Morgan fingerprint density at radius 1 is 1.35 bits per heavy atom. The molecule has 2 heteroatoms. The van der Waals surface area contributed by atoms with Crippen LogP contribution < -0.4 is 5.32 Å². The molecule has 0 spiro atoms. The summed E-state index contributed by atoms with van der Waals surface area (Å²) in [5, 5.41) is 3.76. The Hall–Kier alpha value is -0.760. The van der Waals surface area contributed by atoms with E-state index in [0.29, 0.717) is 6.04 Å². The molecule has 3 atom stereocenters. The lowest BCUT2D eigenvalue weighted by Crippen LogP contribution is -2.40. The molecule has 1 saturated carbocycles. The fraction of sp³-hybridized carbons (Fsp3) is 0.733. The first-order chi connectivity index (χ1) is 8.22. The van der Waals surface area contributed by atoms with Crippen LogP contribution >= 0.6 is 0 Å². The van der Waals surface area contributed by atoms with Crippen LogP contribution in [-0.2, 0) is 13.1 Å². The summed E-state index contributed by atoms with van der Waals surface area (Å²) in [6.07, 6.45) is 6.31. The van der Waals surface area contributed by atoms with Gasteiger partial charge in [-0.2, -0.15) is 0 Å². The zero-order valence-corrected chi connectivity index (χ0v) is 11.4. The highest BCUT2D eigenvalue weighted by atomic mass is 15.0. The first-order valence-corrected chi connectivity index (χ1v) is 7.09. The van der Waals surface area contributed by atoms with E-state index in [4.69, 9.17) is 0 Å². The minimum absolute atomic E-state index is 0.707. The van der Waals surface area contributed by atoms with Crippen molar-refractivity contribution in [1.82, 2.24) is 9.88 Å². The maximum Gasteiger partial charge on any atom is 0.0361 e. The minimum Gasteiger partial charge on any atom is -0.351 e. The lowest BCUT2D eigenvalue weighted by Gasteiger charge is -2.34. The smallest absolute Gasteiger partial charge is 0.0361 e. The summed E-state index contributed by atoms with van der Waals surface area (Å²) in [7, 11) is 0. The van der Waals surface area contributed by atoms with Gasteiger partial charge in [-0.3, -0.25) is 0 Å². The lowest BCUT2D eigenvalue weighted by atomic mass is 9.78. The Bertz CT molecular complexity index is 342. The van der Waals surface area contributed by atoms with Gasteiger partial charge in [-0.15, -0.1) is 0 Å². The molecule has 96 valence electrons. The third-order valence-electron chi connectivity index (χ3n) is 4.52. The molecule has 3 unspecified atom stereocenters. The Balaban J connectivity index is 1.89.